The summed E-state index contributed by atoms with van der Waals surface area (Å²) in [5.41, 5.74) is 0.272. The summed E-state index contributed by atoms with van der Waals surface area (Å²) in [5, 5.41) is 11.1. The van der Waals surface area contributed by atoms with Gasteiger partial charge in [0.05, 0.1) is 24.4 Å². The average molecular weight is 366 g/mol. The molecule has 8 nitrogen and oxygen atoms in total. The second kappa shape index (κ2) is 12.0. The highest BCUT2D eigenvalue weighted by Gasteiger charge is 2.20. The van der Waals surface area contributed by atoms with Gasteiger partial charge in [-0.25, -0.2) is 0 Å². The maximum atomic E-state index is 12.6. The van der Waals surface area contributed by atoms with Crippen LogP contribution in [0.25, 0.3) is 0 Å². The first kappa shape index (κ1) is 21.6. The number of nitro benzene ring substituents is 1. The molecule has 26 heavy (non-hydrogen) atoms. The zero-order valence-corrected chi connectivity index (χ0v) is 15.3. The lowest BCUT2D eigenvalue weighted by molar-refractivity contribution is -0.385. The number of para-hydroxylation sites is 1. The van der Waals surface area contributed by atoms with E-state index in [0.29, 0.717) is 31.7 Å². The molecule has 0 aliphatic heterocycles. The Balaban J connectivity index is 2.75. The van der Waals surface area contributed by atoms with Crippen molar-refractivity contribution in [2.75, 3.05) is 32.9 Å². The van der Waals surface area contributed by atoms with Crippen molar-refractivity contribution in [1.82, 2.24) is 4.90 Å². The molecule has 1 amide bonds. The molecule has 1 aromatic rings. The third-order valence-electron chi connectivity index (χ3n) is 3.69. The van der Waals surface area contributed by atoms with Crippen LogP contribution in [-0.4, -0.2) is 54.6 Å². The molecule has 8 heteroatoms. The summed E-state index contributed by atoms with van der Waals surface area (Å²) in [4.78, 5) is 36.3. The van der Waals surface area contributed by atoms with Crippen LogP contribution in [0.4, 0.5) is 5.69 Å². The van der Waals surface area contributed by atoms with Gasteiger partial charge < -0.3 is 14.4 Å². The molecule has 144 valence electrons. The summed E-state index contributed by atoms with van der Waals surface area (Å²) in [5.74, 6) is -0.638. The summed E-state index contributed by atoms with van der Waals surface area (Å²) in [6.07, 6.45) is 0.624. The normalized spacial score (nSPS) is 10.4. The van der Waals surface area contributed by atoms with E-state index < -0.39 is 4.92 Å². The predicted octanol–water partition coefficient (Wildman–Crippen LogP) is 2.35. The van der Waals surface area contributed by atoms with Gasteiger partial charge in [0.25, 0.3) is 5.69 Å². The lowest BCUT2D eigenvalue weighted by Gasteiger charge is -2.22. The van der Waals surface area contributed by atoms with Gasteiger partial charge in [-0.3, -0.25) is 19.7 Å². The molecule has 0 bridgehead atoms. The van der Waals surface area contributed by atoms with E-state index in [-0.39, 0.29) is 43.6 Å². The summed E-state index contributed by atoms with van der Waals surface area (Å²) in [6.45, 7) is 5.62. The van der Waals surface area contributed by atoms with E-state index in [1.54, 1.807) is 25.1 Å². The van der Waals surface area contributed by atoms with Gasteiger partial charge in [0.2, 0.25) is 5.91 Å². The van der Waals surface area contributed by atoms with Crippen LogP contribution in [0.1, 0.15) is 32.3 Å². The fourth-order valence-corrected chi connectivity index (χ4v) is 2.44. The van der Waals surface area contributed by atoms with Crippen LogP contribution in [0.5, 0.6) is 0 Å². The molecule has 0 N–H and O–H groups in total. The summed E-state index contributed by atoms with van der Waals surface area (Å²) < 4.78 is 10.2. The fourth-order valence-electron chi connectivity index (χ4n) is 2.44. The van der Waals surface area contributed by atoms with Gasteiger partial charge in [-0.2, -0.15) is 0 Å². The SMILES string of the molecule is CCOCCCN(CCC(=O)OCC)C(=O)Cc1ccccc1[N+](=O)[O-]. The van der Waals surface area contributed by atoms with Gasteiger partial charge in [-0.15, -0.1) is 0 Å². The van der Waals surface area contributed by atoms with E-state index in [4.69, 9.17) is 9.47 Å². The number of carbonyl (C=O) groups is 2. The number of carbonyl (C=O) groups excluding carboxylic acids is 2. The molecule has 0 aliphatic rings. The van der Waals surface area contributed by atoms with Gasteiger partial charge >= 0.3 is 5.97 Å². The summed E-state index contributed by atoms with van der Waals surface area (Å²) in [7, 11) is 0. The Kier molecular flexibility index (Phi) is 9.93. The first-order valence-electron chi connectivity index (χ1n) is 8.73. The van der Waals surface area contributed by atoms with Crippen LogP contribution < -0.4 is 0 Å². The standard InChI is InChI=1S/C18H26N2O6/c1-3-25-13-7-11-19(12-10-18(22)26-4-2)17(21)14-15-8-5-6-9-16(15)20(23)24/h5-6,8-9H,3-4,7,10-14H2,1-2H3. The van der Waals surface area contributed by atoms with E-state index in [1.807, 2.05) is 6.92 Å². The van der Waals surface area contributed by atoms with E-state index in [1.165, 1.54) is 11.0 Å². The number of ether oxygens (including phenoxy) is 2. The minimum absolute atomic E-state index is 0.0829. The number of esters is 1. The Morgan fingerprint density at radius 3 is 2.54 bits per heavy atom. The molecule has 0 heterocycles. The molecule has 0 saturated heterocycles. The average Bonchev–Trinajstić information content (AvgIpc) is 2.61. The first-order chi connectivity index (χ1) is 12.5. The van der Waals surface area contributed by atoms with Gasteiger partial charge in [-0.1, -0.05) is 18.2 Å². The molecular formula is C18H26N2O6. The number of amides is 1. The van der Waals surface area contributed by atoms with E-state index in [0.717, 1.165) is 0 Å². The predicted molar refractivity (Wildman–Crippen MR) is 95.7 cm³/mol. The summed E-state index contributed by atoms with van der Waals surface area (Å²) >= 11 is 0. The third kappa shape index (κ3) is 7.60. The zero-order chi connectivity index (χ0) is 19.4. The number of nitro groups is 1. The van der Waals surface area contributed by atoms with Gasteiger partial charge in [0.1, 0.15) is 0 Å². The number of hydrogen-bond donors (Lipinski definition) is 0. The quantitative estimate of drug-likeness (QED) is 0.244. The number of hydrogen-bond acceptors (Lipinski definition) is 6. The molecule has 0 unspecified atom stereocenters. The highest BCUT2D eigenvalue weighted by Crippen LogP contribution is 2.19. The van der Waals surface area contributed by atoms with Crippen molar-refractivity contribution in [1.29, 1.82) is 0 Å². The third-order valence-corrected chi connectivity index (χ3v) is 3.69. The van der Waals surface area contributed by atoms with Crippen molar-refractivity contribution < 1.29 is 24.0 Å². The Hall–Kier alpha value is -2.48. The molecule has 1 rings (SSSR count). The molecule has 0 aromatic heterocycles. The number of nitrogens with zero attached hydrogens (tertiary/aromatic N) is 2. The van der Waals surface area contributed by atoms with Crippen LogP contribution >= 0.6 is 0 Å². The van der Waals surface area contributed by atoms with E-state index in [2.05, 4.69) is 0 Å². The van der Waals surface area contributed by atoms with Crippen molar-refractivity contribution in [3.8, 4) is 0 Å². The maximum Gasteiger partial charge on any atom is 0.307 e. The molecular weight excluding hydrogens is 340 g/mol. The second-order valence-electron chi connectivity index (χ2n) is 5.55. The molecule has 0 radical (unpaired) electrons. The maximum absolute atomic E-state index is 12.6. The number of rotatable bonds is 12. The minimum atomic E-state index is -0.499. The van der Waals surface area contributed by atoms with Crippen LogP contribution in [0.2, 0.25) is 0 Å². The van der Waals surface area contributed by atoms with Crippen molar-refractivity contribution >= 4 is 17.6 Å². The molecule has 0 saturated carbocycles. The number of benzene rings is 1. The lowest BCUT2D eigenvalue weighted by atomic mass is 10.1. The van der Waals surface area contributed by atoms with Gasteiger partial charge in [0.15, 0.2) is 0 Å². The second-order valence-corrected chi connectivity index (χ2v) is 5.55. The topological polar surface area (TPSA) is 99.0 Å². The molecule has 0 aliphatic carbocycles. The van der Waals surface area contributed by atoms with Crippen LogP contribution in [-0.2, 0) is 25.5 Å². The Morgan fingerprint density at radius 1 is 1.15 bits per heavy atom. The Morgan fingerprint density at radius 2 is 1.88 bits per heavy atom. The fraction of sp³-hybridized carbons (Fsp3) is 0.556. The summed E-state index contributed by atoms with van der Waals surface area (Å²) in [6, 6.07) is 6.17. The van der Waals surface area contributed by atoms with E-state index in [9.17, 15) is 19.7 Å². The van der Waals surface area contributed by atoms with Gasteiger partial charge in [-0.05, 0) is 20.3 Å². The zero-order valence-electron chi connectivity index (χ0n) is 15.3. The van der Waals surface area contributed by atoms with Crippen molar-refractivity contribution in [3.63, 3.8) is 0 Å². The Labute approximate surface area is 153 Å². The van der Waals surface area contributed by atoms with Gasteiger partial charge in [0, 0.05) is 37.9 Å². The Bertz CT molecular complexity index is 605. The van der Waals surface area contributed by atoms with Crippen LogP contribution in [0, 0.1) is 10.1 Å². The molecule has 1 aromatic carbocycles. The van der Waals surface area contributed by atoms with Crippen molar-refractivity contribution in [3.05, 3.63) is 39.9 Å². The van der Waals surface area contributed by atoms with Crippen LogP contribution in [0.3, 0.4) is 0 Å². The highest BCUT2D eigenvalue weighted by atomic mass is 16.6. The minimum Gasteiger partial charge on any atom is -0.466 e. The molecule has 0 spiro atoms. The van der Waals surface area contributed by atoms with E-state index >= 15 is 0 Å². The van der Waals surface area contributed by atoms with Crippen LogP contribution in [0.15, 0.2) is 24.3 Å². The monoisotopic (exact) mass is 366 g/mol. The lowest BCUT2D eigenvalue weighted by Crippen LogP contribution is -2.35. The molecule has 0 fully saturated rings. The largest absolute Gasteiger partial charge is 0.466 e. The highest BCUT2D eigenvalue weighted by molar-refractivity contribution is 5.80. The smallest absolute Gasteiger partial charge is 0.307 e. The first-order valence-corrected chi connectivity index (χ1v) is 8.73. The van der Waals surface area contributed by atoms with Crippen molar-refractivity contribution in [2.45, 2.75) is 33.1 Å². The van der Waals surface area contributed by atoms with Crippen molar-refractivity contribution in [2.24, 2.45) is 0 Å². The molecule has 0 atom stereocenters.